The summed E-state index contributed by atoms with van der Waals surface area (Å²) in [7, 11) is 0. The van der Waals surface area contributed by atoms with Crippen LogP contribution in [0.15, 0.2) is 5.51 Å². The van der Waals surface area contributed by atoms with Crippen molar-refractivity contribution in [2.45, 2.75) is 63.6 Å². The van der Waals surface area contributed by atoms with Crippen LogP contribution in [0, 0.1) is 12.8 Å². The fourth-order valence-corrected chi connectivity index (χ4v) is 4.78. The molecule has 5 nitrogen and oxygen atoms in total. The predicted octanol–water partition coefficient (Wildman–Crippen LogP) is 2.49. The Morgan fingerprint density at radius 1 is 1.42 bits per heavy atom. The standard InChI is InChI=1S/C18H27N3O2S/c1-13-16(24-12-19-13)11-21-7-5-18(6-8-21)10-15(4-9-23-18)20-17(22)14-2-3-14/h12,14-15H,2-11H2,1H3,(H,20,22)/t15-/m0/s1. The summed E-state index contributed by atoms with van der Waals surface area (Å²) in [5.41, 5.74) is 3.09. The number of nitrogens with zero attached hydrogens (tertiary/aromatic N) is 2. The molecule has 24 heavy (non-hydrogen) atoms. The van der Waals surface area contributed by atoms with Crippen molar-refractivity contribution in [1.29, 1.82) is 0 Å². The molecule has 1 atom stereocenters. The quantitative estimate of drug-likeness (QED) is 0.907. The summed E-state index contributed by atoms with van der Waals surface area (Å²) >= 11 is 1.75. The van der Waals surface area contributed by atoms with Crippen LogP contribution in [0.2, 0.25) is 0 Å². The lowest BCUT2D eigenvalue weighted by atomic mass is 9.82. The Bertz CT molecular complexity index is 591. The van der Waals surface area contributed by atoms with Gasteiger partial charge in [0.25, 0.3) is 0 Å². The Hall–Kier alpha value is -0.980. The molecule has 2 saturated heterocycles. The van der Waals surface area contributed by atoms with Crippen molar-refractivity contribution < 1.29 is 9.53 Å². The topological polar surface area (TPSA) is 54.5 Å². The Morgan fingerprint density at radius 2 is 2.21 bits per heavy atom. The van der Waals surface area contributed by atoms with Crippen molar-refractivity contribution in [3.63, 3.8) is 0 Å². The van der Waals surface area contributed by atoms with E-state index in [9.17, 15) is 4.79 Å². The Morgan fingerprint density at radius 3 is 2.88 bits per heavy atom. The van der Waals surface area contributed by atoms with Crippen molar-refractivity contribution in [2.75, 3.05) is 19.7 Å². The molecule has 6 heteroatoms. The molecule has 0 unspecified atom stereocenters. The number of amides is 1. The van der Waals surface area contributed by atoms with E-state index in [0.29, 0.717) is 12.0 Å². The van der Waals surface area contributed by atoms with Crippen LogP contribution >= 0.6 is 11.3 Å². The van der Waals surface area contributed by atoms with Gasteiger partial charge >= 0.3 is 0 Å². The maximum atomic E-state index is 12.0. The molecule has 0 aromatic carbocycles. The largest absolute Gasteiger partial charge is 0.375 e. The van der Waals surface area contributed by atoms with E-state index < -0.39 is 0 Å². The third kappa shape index (κ3) is 3.65. The summed E-state index contributed by atoms with van der Waals surface area (Å²) in [6, 6.07) is 0.308. The van der Waals surface area contributed by atoms with E-state index in [1.807, 2.05) is 5.51 Å². The van der Waals surface area contributed by atoms with Crippen molar-refractivity contribution in [1.82, 2.24) is 15.2 Å². The first-order valence-corrected chi connectivity index (χ1v) is 10.1. The maximum Gasteiger partial charge on any atom is 0.223 e. The molecule has 1 aromatic heterocycles. The Balaban J connectivity index is 1.30. The van der Waals surface area contributed by atoms with Gasteiger partial charge in [0.1, 0.15) is 0 Å². The van der Waals surface area contributed by atoms with Crippen LogP contribution in [-0.2, 0) is 16.1 Å². The molecule has 1 spiro atoms. The van der Waals surface area contributed by atoms with E-state index in [1.165, 1.54) is 4.88 Å². The SMILES string of the molecule is Cc1ncsc1CN1CCC2(CC1)C[C@@H](NC(=O)C1CC1)CCO2. The number of hydrogen-bond acceptors (Lipinski definition) is 5. The number of hydrogen-bond donors (Lipinski definition) is 1. The molecule has 0 bridgehead atoms. The highest BCUT2D eigenvalue weighted by molar-refractivity contribution is 7.09. The lowest BCUT2D eigenvalue weighted by Crippen LogP contribution is -2.53. The molecule has 3 aliphatic rings. The van der Waals surface area contributed by atoms with Crippen LogP contribution < -0.4 is 5.32 Å². The third-order valence-electron chi connectivity index (χ3n) is 5.77. The molecular formula is C18H27N3O2S. The highest BCUT2D eigenvalue weighted by atomic mass is 32.1. The highest BCUT2D eigenvalue weighted by Gasteiger charge is 2.41. The minimum atomic E-state index is -0.0149. The zero-order valence-corrected chi connectivity index (χ0v) is 15.2. The third-order valence-corrected chi connectivity index (χ3v) is 6.69. The molecule has 4 rings (SSSR count). The smallest absolute Gasteiger partial charge is 0.223 e. The summed E-state index contributed by atoms with van der Waals surface area (Å²) in [6.07, 6.45) is 6.24. The first kappa shape index (κ1) is 16.5. The van der Waals surface area contributed by atoms with Gasteiger partial charge in [0.05, 0.1) is 16.8 Å². The average molecular weight is 350 g/mol. The van der Waals surface area contributed by atoms with Crippen molar-refractivity contribution >= 4 is 17.2 Å². The number of carbonyl (C=O) groups excluding carboxylic acids is 1. The van der Waals surface area contributed by atoms with Crippen LogP contribution in [0.25, 0.3) is 0 Å². The van der Waals surface area contributed by atoms with E-state index >= 15 is 0 Å². The average Bonchev–Trinajstić information content (AvgIpc) is 3.35. The number of nitrogens with one attached hydrogen (secondary N) is 1. The molecule has 3 fully saturated rings. The molecular weight excluding hydrogens is 322 g/mol. The lowest BCUT2D eigenvalue weighted by molar-refractivity contribution is -0.132. The first-order valence-electron chi connectivity index (χ1n) is 9.19. The Kier molecular flexibility index (Phi) is 4.62. The summed E-state index contributed by atoms with van der Waals surface area (Å²) < 4.78 is 6.21. The second-order valence-corrected chi connectivity index (χ2v) is 8.58. The second-order valence-electron chi connectivity index (χ2n) is 7.64. The van der Waals surface area contributed by atoms with Crippen LogP contribution in [0.3, 0.4) is 0 Å². The zero-order valence-electron chi connectivity index (χ0n) is 14.4. The van der Waals surface area contributed by atoms with E-state index in [1.54, 1.807) is 11.3 Å². The van der Waals surface area contributed by atoms with Crippen LogP contribution in [0.4, 0.5) is 0 Å². The number of carbonyl (C=O) groups is 1. The van der Waals surface area contributed by atoms with E-state index in [4.69, 9.17) is 4.74 Å². The molecule has 2 aliphatic heterocycles. The van der Waals surface area contributed by atoms with E-state index in [0.717, 1.165) is 70.5 Å². The molecule has 1 saturated carbocycles. The van der Waals surface area contributed by atoms with Gasteiger partial charge in [-0.2, -0.15) is 0 Å². The summed E-state index contributed by atoms with van der Waals surface area (Å²) in [5, 5.41) is 3.27. The number of likely N-dealkylation sites (tertiary alicyclic amines) is 1. The minimum absolute atomic E-state index is 0.0149. The summed E-state index contributed by atoms with van der Waals surface area (Å²) in [5.74, 6) is 0.573. The van der Waals surface area contributed by atoms with Gasteiger partial charge in [-0.25, -0.2) is 4.98 Å². The minimum Gasteiger partial charge on any atom is -0.375 e. The molecule has 1 aliphatic carbocycles. The zero-order chi connectivity index (χ0) is 16.6. The van der Waals surface area contributed by atoms with Gasteiger partial charge < -0.3 is 10.1 Å². The molecule has 1 amide bonds. The number of piperidine rings is 1. The Labute approximate surface area is 147 Å². The van der Waals surface area contributed by atoms with Crippen molar-refractivity contribution in [3.8, 4) is 0 Å². The van der Waals surface area contributed by atoms with Crippen molar-refractivity contribution in [2.24, 2.45) is 5.92 Å². The number of ether oxygens (including phenoxy) is 1. The number of aryl methyl sites for hydroxylation is 1. The van der Waals surface area contributed by atoms with Gasteiger partial charge in [0.15, 0.2) is 0 Å². The maximum absolute atomic E-state index is 12.0. The van der Waals surface area contributed by atoms with Gasteiger partial charge in [0, 0.05) is 43.1 Å². The molecule has 1 N–H and O–H groups in total. The van der Waals surface area contributed by atoms with Gasteiger partial charge in [-0.15, -0.1) is 11.3 Å². The highest BCUT2D eigenvalue weighted by Crippen LogP contribution is 2.36. The fraction of sp³-hybridized carbons (Fsp3) is 0.778. The van der Waals surface area contributed by atoms with Gasteiger partial charge in [0.2, 0.25) is 5.91 Å². The summed E-state index contributed by atoms with van der Waals surface area (Å²) in [6.45, 7) is 6.02. The molecule has 1 aromatic rings. The fourth-order valence-electron chi connectivity index (χ4n) is 3.96. The normalized spacial score (nSPS) is 27.3. The molecule has 132 valence electrons. The summed E-state index contributed by atoms with van der Waals surface area (Å²) in [4.78, 5) is 20.3. The first-order chi connectivity index (χ1) is 11.6. The lowest BCUT2D eigenvalue weighted by Gasteiger charge is -2.46. The van der Waals surface area contributed by atoms with Crippen molar-refractivity contribution in [3.05, 3.63) is 16.1 Å². The number of thiazole rings is 1. The molecule has 3 heterocycles. The second kappa shape index (κ2) is 6.73. The predicted molar refractivity (Wildman–Crippen MR) is 93.9 cm³/mol. The number of rotatable bonds is 4. The van der Waals surface area contributed by atoms with Crippen LogP contribution in [0.1, 0.15) is 49.1 Å². The van der Waals surface area contributed by atoms with Crippen LogP contribution in [-0.4, -0.2) is 47.1 Å². The van der Waals surface area contributed by atoms with Gasteiger partial charge in [-0.05, 0) is 45.4 Å². The number of aromatic nitrogens is 1. The monoisotopic (exact) mass is 349 g/mol. The molecule has 0 radical (unpaired) electrons. The van der Waals surface area contributed by atoms with E-state index in [-0.39, 0.29) is 11.5 Å². The van der Waals surface area contributed by atoms with Gasteiger partial charge in [-0.1, -0.05) is 0 Å². The van der Waals surface area contributed by atoms with E-state index in [2.05, 4.69) is 22.1 Å². The van der Waals surface area contributed by atoms with Gasteiger partial charge in [-0.3, -0.25) is 9.69 Å². The van der Waals surface area contributed by atoms with Crippen LogP contribution in [0.5, 0.6) is 0 Å².